The van der Waals surface area contributed by atoms with Crippen LogP contribution in [0.5, 0.6) is 11.5 Å². The van der Waals surface area contributed by atoms with E-state index in [0.717, 1.165) is 23.3 Å². The fourth-order valence-electron chi connectivity index (χ4n) is 8.34. The highest BCUT2D eigenvalue weighted by Gasteiger charge is 2.39. The average molecular weight is 1300 g/mol. The number of para-hydroxylation sites is 1. The van der Waals surface area contributed by atoms with E-state index in [9.17, 15) is 0 Å². The van der Waals surface area contributed by atoms with Crippen LogP contribution in [0, 0.1) is 69.1 Å². The molecule has 0 saturated carbocycles. The van der Waals surface area contributed by atoms with Crippen molar-refractivity contribution < 1.29 is 9.16 Å². The highest BCUT2D eigenvalue weighted by atomic mass is 28.4. The number of benzene rings is 7. The van der Waals surface area contributed by atoms with E-state index >= 15 is 0 Å². The van der Waals surface area contributed by atoms with Crippen LogP contribution in [0.25, 0.3) is 30.4 Å². The normalized spacial score (nSPS) is 11.4. The van der Waals surface area contributed by atoms with E-state index < -0.39 is 8.32 Å². The van der Waals surface area contributed by atoms with Crippen LogP contribution >= 0.6 is 0 Å². The molecule has 7 aromatic rings. The van der Waals surface area contributed by atoms with Crippen LogP contribution < -0.4 is 9.16 Å². The lowest BCUT2D eigenvalue weighted by molar-refractivity contribution is 0.411. The summed E-state index contributed by atoms with van der Waals surface area (Å²) in [5, 5.41) is 0.224. The Morgan fingerprint density at radius 1 is 0.400 bits per heavy atom. The number of hydrogen-bond acceptors (Lipinski definition) is 2. The second-order valence-electron chi connectivity index (χ2n) is 29.5. The summed E-state index contributed by atoms with van der Waals surface area (Å²) < 4.78 is 11.8. The largest absolute Gasteiger partial charge is 0.543 e. The van der Waals surface area contributed by atoms with Crippen LogP contribution in [-0.4, -0.2) is 15.4 Å². The number of ether oxygens (including phenoxy) is 1. The summed E-state index contributed by atoms with van der Waals surface area (Å²) >= 11 is 0. The summed E-state index contributed by atoms with van der Waals surface area (Å²) in [6, 6.07) is 61.3. The van der Waals surface area contributed by atoms with Gasteiger partial charge in [-0.1, -0.05) is 387 Å². The molecule has 0 N–H and O–H groups in total. The molecule has 0 saturated heterocycles. The van der Waals surface area contributed by atoms with E-state index in [0.29, 0.717) is 35.5 Å². The van der Waals surface area contributed by atoms with Gasteiger partial charge in [0.2, 0.25) is 0 Å². The summed E-state index contributed by atoms with van der Waals surface area (Å²) in [5.41, 5.74) is 14.3. The van der Waals surface area contributed by atoms with Gasteiger partial charge in [0.05, 0.1) is 7.11 Å². The zero-order chi connectivity index (χ0) is 71.9. The van der Waals surface area contributed by atoms with Gasteiger partial charge in [0.15, 0.2) is 0 Å². The van der Waals surface area contributed by atoms with Crippen molar-refractivity contribution >= 4 is 38.7 Å². The van der Waals surface area contributed by atoms with Crippen molar-refractivity contribution in [3.63, 3.8) is 0 Å². The second kappa shape index (κ2) is 50.4. The molecule has 3 heteroatoms. The van der Waals surface area contributed by atoms with E-state index in [1.54, 1.807) is 7.11 Å². The minimum Gasteiger partial charge on any atom is -0.543 e. The summed E-state index contributed by atoms with van der Waals surface area (Å²) in [7, 11) is -0.0473. The van der Waals surface area contributed by atoms with Crippen molar-refractivity contribution in [1.29, 1.82) is 0 Å². The fraction of sp³-hybridized carbons (Fsp3) is 0.435. The molecule has 0 aliphatic heterocycles. The van der Waals surface area contributed by atoms with Crippen LogP contribution in [0.1, 0.15) is 225 Å². The molecule has 2 nitrogen and oxygen atoms in total. The lowest BCUT2D eigenvalue weighted by atomic mass is 10.0. The van der Waals surface area contributed by atoms with Gasteiger partial charge in [0.1, 0.15) is 11.5 Å². The monoisotopic (exact) mass is 1300 g/mol. The number of methoxy groups -OCH3 is 1. The maximum atomic E-state index is 6.42. The van der Waals surface area contributed by atoms with E-state index in [2.05, 4.69) is 404 Å². The van der Waals surface area contributed by atoms with E-state index in [1.165, 1.54) is 86.9 Å². The van der Waals surface area contributed by atoms with Crippen LogP contribution in [0.2, 0.25) is 18.1 Å². The first-order valence-corrected chi connectivity index (χ1v) is 38.7. The number of rotatable bonds is 19. The van der Waals surface area contributed by atoms with Gasteiger partial charge in [0.25, 0.3) is 8.32 Å². The van der Waals surface area contributed by atoms with Gasteiger partial charge in [-0.25, -0.2) is 0 Å². The molecular weight excluding hydrogens is 1170 g/mol. The molecule has 0 aliphatic rings. The van der Waals surface area contributed by atoms with Gasteiger partial charge in [-0.05, 0) is 163 Å². The average Bonchev–Trinajstić information content (AvgIpc) is 0.877. The third kappa shape index (κ3) is 46.0. The molecule has 0 aliphatic carbocycles. The van der Waals surface area contributed by atoms with Crippen molar-refractivity contribution in [3.8, 4) is 11.5 Å². The van der Waals surface area contributed by atoms with Crippen molar-refractivity contribution in [1.82, 2.24) is 0 Å². The Kier molecular flexibility index (Phi) is 46.8. The van der Waals surface area contributed by atoms with Gasteiger partial charge in [0, 0.05) is 5.56 Å². The predicted octanol–water partition coefficient (Wildman–Crippen LogP) is 28.9. The van der Waals surface area contributed by atoms with E-state index in [-0.39, 0.29) is 5.04 Å². The topological polar surface area (TPSA) is 18.5 Å². The molecule has 0 heterocycles. The molecule has 7 rings (SSSR count). The number of hydrogen-bond donors (Lipinski definition) is 0. The standard InChI is InChI=1S/C17H28OSi.C14H20O.2C12H16.C11H16.C11H14.C9H12.C6H14/c1-14(2)12-13-15-10-8-9-11-16(15)18-19(6,7)17(3,4)5;1-10(2)6-7-13-8-11(3)12(4)14(9-13)15-5;1-10(2)4-7-12-8-5-11(3)6-9-12;1-10(2)7-8-12-6-4-5-11(3)9-12;2*1-10(2)8-9-11-6-4-3-5-7-11;1-8(2)9-6-4-3-5-7-9;1-4-5-6(2)3/h8-14H,1-7H3;6-10H,1-5H3;2*4-10H,1-3H3;3-7,10H,8-9H2,1-2H3;3-10H,1-2H3;3-8H,1-2H3;6H,4-5H2,1-3H3/b13-12+;7-6+;7-4+;8-7+;;9-8+;;. The number of allylic oxidation sites excluding steroid dienone is 5. The Hall–Kier alpha value is -6.94. The maximum absolute atomic E-state index is 6.42. The predicted molar refractivity (Wildman–Crippen MR) is 435 cm³/mol. The maximum Gasteiger partial charge on any atom is 0.250 e. The highest BCUT2D eigenvalue weighted by molar-refractivity contribution is 6.74. The first-order chi connectivity index (χ1) is 44.7. The molecule has 0 bridgehead atoms. The SMILES string of the molecule is CC(C)/C=C/c1ccccc1.CC(C)/C=C/c1ccccc1O[Si](C)(C)C(C)(C)C.CC(C)CCc1ccccc1.CC(C)c1ccccc1.CCCC(C)C.COc1cc(/C=C/C(C)C)cc(C)c1C.Cc1ccc(/C=C/C(C)C)cc1.Cc1cccc(/C=C/C(C)C)c1. The zero-order valence-electron chi connectivity index (χ0n) is 65.3. The minimum atomic E-state index is -1.77. The quantitative estimate of drug-likeness (QED) is 0.0752. The highest BCUT2D eigenvalue weighted by Crippen LogP contribution is 2.38. The molecule has 0 amide bonds. The molecule has 0 radical (unpaired) electrons. The smallest absolute Gasteiger partial charge is 0.250 e. The molecule has 0 fully saturated rings. The van der Waals surface area contributed by atoms with Crippen molar-refractivity contribution in [2.45, 2.75) is 216 Å². The first kappa shape index (κ1) is 88.1. The summed E-state index contributed by atoms with van der Waals surface area (Å²) in [6.45, 7) is 57.3. The van der Waals surface area contributed by atoms with Gasteiger partial charge < -0.3 is 9.16 Å². The Balaban J connectivity index is 0.00000108. The molecule has 0 unspecified atom stereocenters. The Labute approximate surface area is 587 Å². The number of aryl methyl sites for hydroxylation is 4. The van der Waals surface area contributed by atoms with Crippen molar-refractivity contribution in [2.75, 3.05) is 7.11 Å². The van der Waals surface area contributed by atoms with Gasteiger partial charge in [-0.15, -0.1) is 0 Å². The fourth-order valence-corrected chi connectivity index (χ4v) is 9.38. The zero-order valence-corrected chi connectivity index (χ0v) is 66.3. The third-order valence-electron chi connectivity index (χ3n) is 15.4. The Bertz CT molecular complexity index is 3160. The molecular formula is C92H136O2Si. The molecule has 0 atom stereocenters. The summed E-state index contributed by atoms with van der Waals surface area (Å²) in [4.78, 5) is 0. The van der Waals surface area contributed by atoms with Crippen molar-refractivity contribution in [2.24, 2.45) is 41.4 Å². The summed E-state index contributed by atoms with van der Waals surface area (Å²) in [6.07, 6.45) is 27.1. The first-order valence-electron chi connectivity index (χ1n) is 35.8. The summed E-state index contributed by atoms with van der Waals surface area (Å²) in [5.74, 6) is 7.39. The molecule has 7 aromatic carbocycles. The molecule has 95 heavy (non-hydrogen) atoms. The van der Waals surface area contributed by atoms with Gasteiger partial charge in [-0.3, -0.25) is 0 Å². The van der Waals surface area contributed by atoms with E-state index in [1.807, 2.05) is 12.1 Å². The Morgan fingerprint density at radius 3 is 1.24 bits per heavy atom. The second-order valence-corrected chi connectivity index (χ2v) is 34.2. The Morgan fingerprint density at radius 2 is 0.821 bits per heavy atom. The van der Waals surface area contributed by atoms with E-state index in [4.69, 9.17) is 9.16 Å². The van der Waals surface area contributed by atoms with Gasteiger partial charge in [-0.2, -0.15) is 0 Å². The lowest BCUT2D eigenvalue weighted by Crippen LogP contribution is -2.44. The minimum absolute atomic E-state index is 0.224. The molecule has 520 valence electrons. The van der Waals surface area contributed by atoms with Crippen LogP contribution in [0.4, 0.5) is 0 Å². The van der Waals surface area contributed by atoms with Crippen LogP contribution in [0.3, 0.4) is 0 Å². The van der Waals surface area contributed by atoms with Crippen LogP contribution in [-0.2, 0) is 6.42 Å². The van der Waals surface area contributed by atoms with Crippen LogP contribution in [0.15, 0.2) is 206 Å². The van der Waals surface area contributed by atoms with Gasteiger partial charge >= 0.3 is 0 Å². The lowest BCUT2D eigenvalue weighted by Gasteiger charge is -2.36. The van der Waals surface area contributed by atoms with Crippen molar-refractivity contribution in [3.05, 3.63) is 268 Å². The molecule has 0 aromatic heterocycles. The third-order valence-corrected chi connectivity index (χ3v) is 19.8. The molecule has 0 spiro atoms.